The van der Waals surface area contributed by atoms with E-state index in [-0.39, 0.29) is 24.4 Å². The number of carboxylic acid groups (broad SMARTS) is 1. The molecule has 1 heterocycles. The summed E-state index contributed by atoms with van der Waals surface area (Å²) < 4.78 is 28.4. The summed E-state index contributed by atoms with van der Waals surface area (Å²) in [5, 5.41) is 12.7. The van der Waals surface area contributed by atoms with Gasteiger partial charge in [0.2, 0.25) is 10.0 Å². The Hall–Kier alpha value is -3.73. The van der Waals surface area contributed by atoms with Crippen LogP contribution >= 0.6 is 11.6 Å². The van der Waals surface area contributed by atoms with Crippen molar-refractivity contribution in [3.8, 4) is 0 Å². The van der Waals surface area contributed by atoms with Gasteiger partial charge in [0.15, 0.2) is 6.17 Å². The van der Waals surface area contributed by atoms with Gasteiger partial charge >= 0.3 is 5.97 Å². The van der Waals surface area contributed by atoms with Gasteiger partial charge in [-0.25, -0.2) is 8.42 Å². The van der Waals surface area contributed by atoms with Crippen LogP contribution in [0.5, 0.6) is 0 Å². The van der Waals surface area contributed by atoms with Crippen LogP contribution in [0.15, 0.2) is 78.9 Å². The van der Waals surface area contributed by atoms with Crippen molar-refractivity contribution in [2.24, 2.45) is 0 Å². The molecule has 1 aliphatic heterocycles. The first kappa shape index (κ1) is 29.3. The zero-order chi connectivity index (χ0) is 28.9. The highest BCUT2D eigenvalue weighted by Crippen LogP contribution is 2.26. The van der Waals surface area contributed by atoms with Crippen molar-refractivity contribution < 1.29 is 27.9 Å². The Morgan fingerprint density at radius 1 is 1.00 bits per heavy atom. The molecule has 0 bridgehead atoms. The first-order chi connectivity index (χ1) is 19.0. The van der Waals surface area contributed by atoms with Crippen LogP contribution in [0, 0.1) is 6.92 Å². The van der Waals surface area contributed by atoms with Crippen LogP contribution in [0.25, 0.3) is 0 Å². The fourth-order valence-corrected chi connectivity index (χ4v) is 6.59. The molecule has 0 aliphatic carbocycles. The summed E-state index contributed by atoms with van der Waals surface area (Å²) in [5.74, 6) is -2.83. The van der Waals surface area contributed by atoms with E-state index in [0.29, 0.717) is 22.6 Å². The molecule has 0 saturated carbocycles. The number of benzene rings is 3. The quantitative estimate of drug-likeness (QED) is 0.393. The number of nitrogens with one attached hydrogen (secondary N) is 1. The number of sulfonamides is 1. The smallest absolute Gasteiger partial charge is 0.305 e. The van der Waals surface area contributed by atoms with Crippen molar-refractivity contribution in [3.05, 3.63) is 106 Å². The van der Waals surface area contributed by atoms with Gasteiger partial charge < -0.3 is 15.3 Å². The lowest BCUT2D eigenvalue weighted by molar-refractivity contribution is -0.138. The number of amides is 2. The molecule has 40 heavy (non-hydrogen) atoms. The number of halogens is 1. The molecule has 2 atom stereocenters. The minimum absolute atomic E-state index is 0.0195. The predicted molar refractivity (Wildman–Crippen MR) is 151 cm³/mol. The summed E-state index contributed by atoms with van der Waals surface area (Å²) in [6.45, 7) is 1.99. The van der Waals surface area contributed by atoms with E-state index in [1.165, 1.54) is 17.0 Å². The van der Waals surface area contributed by atoms with Crippen LogP contribution in [-0.4, -0.2) is 59.8 Å². The molecule has 0 radical (unpaired) electrons. The summed E-state index contributed by atoms with van der Waals surface area (Å²) in [7, 11) is -4.07. The highest BCUT2D eigenvalue weighted by Gasteiger charge is 2.44. The second kappa shape index (κ2) is 12.6. The molecule has 9 nitrogen and oxygen atoms in total. The predicted octanol–water partition coefficient (Wildman–Crippen LogP) is 3.98. The lowest BCUT2D eigenvalue weighted by Crippen LogP contribution is -2.63. The second-order valence-electron chi connectivity index (χ2n) is 9.66. The van der Waals surface area contributed by atoms with E-state index >= 15 is 0 Å². The zero-order valence-electron chi connectivity index (χ0n) is 21.9. The summed E-state index contributed by atoms with van der Waals surface area (Å²) in [6, 6.07) is 20.8. The fraction of sp³-hybridized carbons (Fsp3) is 0.276. The topological polar surface area (TPSA) is 124 Å². The van der Waals surface area contributed by atoms with Gasteiger partial charge in [0.1, 0.15) is 0 Å². The molecule has 1 saturated heterocycles. The largest absolute Gasteiger partial charge is 0.481 e. The number of carbonyl (C=O) groups is 3. The van der Waals surface area contributed by atoms with E-state index in [1.807, 2.05) is 13.0 Å². The Balaban J connectivity index is 1.72. The Bertz CT molecular complexity index is 1480. The van der Waals surface area contributed by atoms with Gasteiger partial charge in [0, 0.05) is 23.7 Å². The van der Waals surface area contributed by atoms with E-state index in [9.17, 15) is 27.9 Å². The Morgan fingerprint density at radius 3 is 2.35 bits per heavy atom. The van der Waals surface area contributed by atoms with Crippen LogP contribution in [0.2, 0.25) is 5.02 Å². The van der Waals surface area contributed by atoms with Crippen LogP contribution in [0.3, 0.4) is 0 Å². The maximum absolute atomic E-state index is 13.9. The SMILES string of the molecule is Cc1cccc(C(CC(=O)O)NC(=O)C2N(C(=O)c3ccc(Cl)cc3)CCCN2S(=O)(=O)Cc2ccccc2)c1. The van der Waals surface area contributed by atoms with Crippen molar-refractivity contribution in [1.29, 1.82) is 0 Å². The third kappa shape index (κ3) is 7.07. The molecule has 2 N–H and O–H groups in total. The molecule has 210 valence electrons. The molecule has 3 aromatic carbocycles. The highest BCUT2D eigenvalue weighted by atomic mass is 35.5. The number of carbonyl (C=O) groups excluding carboxylic acids is 2. The fourth-order valence-electron chi connectivity index (χ4n) is 4.76. The monoisotopic (exact) mass is 583 g/mol. The van der Waals surface area contributed by atoms with E-state index in [0.717, 1.165) is 9.87 Å². The minimum atomic E-state index is -4.07. The number of hydrogen-bond donors (Lipinski definition) is 2. The van der Waals surface area contributed by atoms with Crippen molar-refractivity contribution in [2.45, 2.75) is 37.7 Å². The van der Waals surface area contributed by atoms with E-state index in [4.69, 9.17) is 11.6 Å². The minimum Gasteiger partial charge on any atom is -0.481 e. The number of hydrogen-bond acceptors (Lipinski definition) is 5. The van der Waals surface area contributed by atoms with Crippen LogP contribution in [0.4, 0.5) is 0 Å². The number of nitrogens with zero attached hydrogens (tertiary/aromatic N) is 2. The summed E-state index contributed by atoms with van der Waals surface area (Å²) in [6.07, 6.45) is -1.64. The maximum Gasteiger partial charge on any atom is 0.305 e. The molecular formula is C29H30ClN3O6S. The normalized spacial score (nSPS) is 16.8. The second-order valence-corrected chi connectivity index (χ2v) is 12.0. The highest BCUT2D eigenvalue weighted by molar-refractivity contribution is 7.88. The summed E-state index contributed by atoms with van der Waals surface area (Å²) in [4.78, 5) is 40.5. The third-order valence-electron chi connectivity index (χ3n) is 6.62. The Kier molecular flexibility index (Phi) is 9.24. The van der Waals surface area contributed by atoms with Crippen molar-refractivity contribution >= 4 is 39.4 Å². The number of carboxylic acids is 1. The molecule has 0 aromatic heterocycles. The Labute approximate surface area is 238 Å². The van der Waals surface area contributed by atoms with Crippen LogP contribution in [0.1, 0.15) is 45.9 Å². The van der Waals surface area contributed by atoms with Gasteiger partial charge in [-0.15, -0.1) is 0 Å². The molecule has 1 fully saturated rings. The van der Waals surface area contributed by atoms with Crippen LogP contribution < -0.4 is 5.32 Å². The van der Waals surface area contributed by atoms with Crippen molar-refractivity contribution in [1.82, 2.24) is 14.5 Å². The lowest BCUT2D eigenvalue weighted by Gasteiger charge is -2.42. The zero-order valence-corrected chi connectivity index (χ0v) is 23.4. The first-order valence-corrected chi connectivity index (χ1v) is 14.7. The summed E-state index contributed by atoms with van der Waals surface area (Å²) in [5.41, 5.74) is 2.20. The molecule has 3 aromatic rings. The summed E-state index contributed by atoms with van der Waals surface area (Å²) >= 11 is 5.98. The van der Waals surface area contributed by atoms with Gasteiger partial charge in [-0.1, -0.05) is 71.8 Å². The number of rotatable bonds is 9. The van der Waals surface area contributed by atoms with Gasteiger partial charge in [0.05, 0.1) is 18.2 Å². The van der Waals surface area contributed by atoms with Gasteiger partial charge in [-0.2, -0.15) is 4.31 Å². The third-order valence-corrected chi connectivity index (χ3v) is 8.67. The lowest BCUT2D eigenvalue weighted by atomic mass is 10.0. The molecule has 0 spiro atoms. The molecular weight excluding hydrogens is 554 g/mol. The van der Waals surface area contributed by atoms with E-state index < -0.39 is 46.4 Å². The van der Waals surface area contributed by atoms with E-state index in [2.05, 4.69) is 5.32 Å². The van der Waals surface area contributed by atoms with Crippen molar-refractivity contribution in [3.63, 3.8) is 0 Å². The number of aliphatic carboxylic acids is 1. The van der Waals surface area contributed by atoms with Gasteiger partial charge in [0.25, 0.3) is 11.8 Å². The van der Waals surface area contributed by atoms with Crippen LogP contribution in [-0.2, 0) is 25.4 Å². The maximum atomic E-state index is 13.9. The molecule has 2 amide bonds. The molecule has 4 rings (SSSR count). The molecule has 2 unspecified atom stereocenters. The van der Waals surface area contributed by atoms with Gasteiger partial charge in [-0.05, 0) is 48.7 Å². The van der Waals surface area contributed by atoms with Gasteiger partial charge in [-0.3, -0.25) is 14.4 Å². The average molecular weight is 584 g/mol. The standard InChI is InChI=1S/C29H30ClN3O6S/c1-20-7-5-10-23(17-20)25(18-26(34)35)31-27(36)28-32(29(37)22-11-13-24(30)14-12-22)15-6-16-33(28)40(38,39)19-21-8-3-2-4-9-21/h2-5,7-14,17,25,28H,6,15-16,18-19H2,1H3,(H,31,36)(H,34,35). The van der Waals surface area contributed by atoms with E-state index in [1.54, 1.807) is 60.7 Å². The average Bonchev–Trinajstić information content (AvgIpc) is 2.92. The molecule has 1 aliphatic rings. The van der Waals surface area contributed by atoms with Crippen molar-refractivity contribution in [2.75, 3.05) is 13.1 Å². The molecule has 11 heteroatoms. The first-order valence-electron chi connectivity index (χ1n) is 12.7. The number of aryl methyl sites for hydroxylation is 1. The Morgan fingerprint density at radius 2 is 1.70 bits per heavy atom.